The van der Waals surface area contributed by atoms with Crippen LogP contribution < -0.4 is 0 Å². The van der Waals surface area contributed by atoms with Crippen LogP contribution in [-0.2, 0) is 18.4 Å². The van der Waals surface area contributed by atoms with Gasteiger partial charge in [0, 0.05) is 44.9 Å². The predicted octanol–water partition coefficient (Wildman–Crippen LogP) is 2.04. The highest BCUT2D eigenvalue weighted by atomic mass is 16.2. The van der Waals surface area contributed by atoms with E-state index in [2.05, 4.69) is 4.98 Å². The summed E-state index contributed by atoms with van der Waals surface area (Å²) in [5, 5.41) is 0. The van der Waals surface area contributed by atoms with Crippen molar-refractivity contribution in [1.82, 2.24) is 14.5 Å². The highest BCUT2D eigenvalue weighted by Crippen LogP contribution is 2.08. The molecule has 0 atom stereocenters. The van der Waals surface area contributed by atoms with Gasteiger partial charge in [-0.15, -0.1) is 0 Å². The van der Waals surface area contributed by atoms with Crippen LogP contribution in [-0.4, -0.2) is 33.2 Å². The molecule has 5 heteroatoms. The van der Waals surface area contributed by atoms with Gasteiger partial charge in [0.2, 0.25) is 5.91 Å². The number of aryl methyl sites for hydroxylation is 1. The van der Waals surface area contributed by atoms with Gasteiger partial charge < -0.3 is 9.47 Å². The lowest BCUT2D eigenvalue weighted by atomic mass is 10.1. The summed E-state index contributed by atoms with van der Waals surface area (Å²) >= 11 is 0. The van der Waals surface area contributed by atoms with Crippen molar-refractivity contribution in [3.8, 4) is 0 Å². The topological polar surface area (TPSA) is 55.2 Å². The molecule has 0 unspecified atom stereocenters. The number of ketones is 1. The summed E-state index contributed by atoms with van der Waals surface area (Å²) in [4.78, 5) is 29.8. The lowest BCUT2D eigenvalue weighted by Crippen LogP contribution is -2.27. The molecule has 1 aromatic heterocycles. The van der Waals surface area contributed by atoms with Crippen LogP contribution in [0.2, 0.25) is 0 Å². The van der Waals surface area contributed by atoms with E-state index in [4.69, 9.17) is 0 Å². The van der Waals surface area contributed by atoms with E-state index in [9.17, 15) is 9.59 Å². The van der Waals surface area contributed by atoms with Crippen molar-refractivity contribution >= 4 is 11.7 Å². The molecule has 2 rings (SSSR count). The Labute approximate surface area is 124 Å². The van der Waals surface area contributed by atoms with Gasteiger partial charge >= 0.3 is 0 Å². The number of aromatic nitrogens is 2. The molecule has 21 heavy (non-hydrogen) atoms. The van der Waals surface area contributed by atoms with Gasteiger partial charge in [-0.05, 0) is 0 Å². The van der Waals surface area contributed by atoms with Gasteiger partial charge in [-0.2, -0.15) is 0 Å². The number of carbonyl (C=O) groups is 2. The Balaban J connectivity index is 1.84. The Kier molecular flexibility index (Phi) is 4.87. The summed E-state index contributed by atoms with van der Waals surface area (Å²) in [5.74, 6) is 0.761. The van der Waals surface area contributed by atoms with E-state index in [1.165, 1.54) is 0 Å². The minimum Gasteiger partial charge on any atom is -0.338 e. The maximum absolute atomic E-state index is 12.1. The van der Waals surface area contributed by atoms with Crippen LogP contribution in [0.4, 0.5) is 0 Å². The maximum atomic E-state index is 12.1. The van der Waals surface area contributed by atoms with Crippen molar-refractivity contribution in [2.45, 2.75) is 19.4 Å². The highest BCUT2D eigenvalue weighted by molar-refractivity contribution is 5.97. The van der Waals surface area contributed by atoms with Gasteiger partial charge in [-0.3, -0.25) is 9.59 Å². The number of rotatable bonds is 6. The van der Waals surface area contributed by atoms with E-state index in [1.54, 1.807) is 30.3 Å². The summed E-state index contributed by atoms with van der Waals surface area (Å²) in [6.07, 6.45) is 3.99. The number of imidazole rings is 1. The third-order valence-corrected chi connectivity index (χ3v) is 3.39. The molecule has 0 fully saturated rings. The number of nitrogens with zero attached hydrogens (tertiary/aromatic N) is 3. The molecule has 1 aromatic carbocycles. The van der Waals surface area contributed by atoms with E-state index < -0.39 is 0 Å². The minimum absolute atomic E-state index is 0.00524. The molecule has 0 spiro atoms. The summed E-state index contributed by atoms with van der Waals surface area (Å²) in [6.45, 7) is 0.446. The largest absolute Gasteiger partial charge is 0.338 e. The molecule has 0 saturated carbocycles. The van der Waals surface area contributed by atoms with Gasteiger partial charge in [-0.25, -0.2) is 4.98 Å². The maximum Gasteiger partial charge on any atom is 0.223 e. The fourth-order valence-electron chi connectivity index (χ4n) is 2.03. The first-order valence-corrected chi connectivity index (χ1v) is 6.86. The van der Waals surface area contributed by atoms with Crippen LogP contribution in [0, 0.1) is 0 Å². The van der Waals surface area contributed by atoms with Crippen LogP contribution in [0.15, 0.2) is 42.7 Å². The van der Waals surface area contributed by atoms with E-state index in [-0.39, 0.29) is 24.5 Å². The second-order valence-electron chi connectivity index (χ2n) is 4.99. The lowest BCUT2D eigenvalue weighted by molar-refractivity contribution is -0.130. The average Bonchev–Trinajstić information content (AvgIpc) is 2.90. The van der Waals surface area contributed by atoms with Crippen LogP contribution in [0.3, 0.4) is 0 Å². The molecule has 0 N–H and O–H groups in total. The van der Waals surface area contributed by atoms with Crippen molar-refractivity contribution in [1.29, 1.82) is 0 Å². The summed E-state index contributed by atoms with van der Waals surface area (Å²) < 4.78 is 1.87. The van der Waals surface area contributed by atoms with Crippen molar-refractivity contribution in [3.63, 3.8) is 0 Å². The van der Waals surface area contributed by atoms with E-state index in [0.29, 0.717) is 12.1 Å². The molecule has 0 saturated heterocycles. The average molecular weight is 285 g/mol. The molecule has 0 aliphatic heterocycles. The van der Waals surface area contributed by atoms with Gasteiger partial charge in [0.15, 0.2) is 5.78 Å². The Morgan fingerprint density at radius 1 is 1.19 bits per heavy atom. The first-order valence-electron chi connectivity index (χ1n) is 6.86. The monoisotopic (exact) mass is 285 g/mol. The first-order chi connectivity index (χ1) is 10.1. The summed E-state index contributed by atoms with van der Waals surface area (Å²) in [6, 6.07) is 9.04. The fraction of sp³-hybridized carbons (Fsp3) is 0.312. The molecule has 0 bridgehead atoms. The van der Waals surface area contributed by atoms with E-state index in [1.807, 2.05) is 36.0 Å². The second-order valence-corrected chi connectivity index (χ2v) is 4.99. The van der Waals surface area contributed by atoms with Crippen LogP contribution >= 0.6 is 0 Å². The summed E-state index contributed by atoms with van der Waals surface area (Å²) in [5.41, 5.74) is 0.650. The zero-order valence-corrected chi connectivity index (χ0v) is 12.3. The third-order valence-electron chi connectivity index (χ3n) is 3.39. The molecule has 5 nitrogen and oxygen atoms in total. The molecular weight excluding hydrogens is 266 g/mol. The van der Waals surface area contributed by atoms with Crippen LogP contribution in [0.25, 0.3) is 0 Å². The van der Waals surface area contributed by atoms with Crippen molar-refractivity contribution in [3.05, 3.63) is 54.1 Å². The molecule has 0 aliphatic carbocycles. The number of hydrogen-bond acceptors (Lipinski definition) is 3. The molecule has 1 amide bonds. The molecule has 2 aromatic rings. The highest BCUT2D eigenvalue weighted by Gasteiger charge is 2.14. The van der Waals surface area contributed by atoms with Crippen molar-refractivity contribution in [2.24, 2.45) is 7.05 Å². The van der Waals surface area contributed by atoms with Gasteiger partial charge in [-0.1, -0.05) is 30.3 Å². The normalized spacial score (nSPS) is 10.4. The second kappa shape index (κ2) is 6.83. The van der Waals surface area contributed by atoms with Crippen molar-refractivity contribution in [2.75, 3.05) is 7.05 Å². The molecular formula is C16H19N3O2. The van der Waals surface area contributed by atoms with E-state index in [0.717, 1.165) is 5.82 Å². The zero-order valence-electron chi connectivity index (χ0n) is 12.3. The fourth-order valence-corrected chi connectivity index (χ4v) is 2.03. The SMILES string of the molecule is CN(Cc1nccn1C)C(=O)CCC(=O)c1ccccc1. The Morgan fingerprint density at radius 2 is 1.90 bits per heavy atom. The van der Waals surface area contributed by atoms with Crippen molar-refractivity contribution < 1.29 is 9.59 Å². The molecule has 1 heterocycles. The van der Waals surface area contributed by atoms with E-state index >= 15 is 0 Å². The number of Topliss-reactive ketones (excluding diaryl/α,β-unsaturated/α-hetero) is 1. The van der Waals surface area contributed by atoms with Crippen LogP contribution in [0.5, 0.6) is 0 Å². The summed E-state index contributed by atoms with van der Waals surface area (Å²) in [7, 11) is 3.61. The van der Waals surface area contributed by atoms with Gasteiger partial charge in [0.05, 0.1) is 6.54 Å². The molecule has 0 aliphatic rings. The Hall–Kier alpha value is -2.43. The number of hydrogen-bond donors (Lipinski definition) is 0. The minimum atomic E-state index is -0.0534. The quantitative estimate of drug-likeness (QED) is 0.763. The third kappa shape index (κ3) is 4.02. The molecule has 0 radical (unpaired) electrons. The van der Waals surface area contributed by atoms with Gasteiger partial charge in [0.25, 0.3) is 0 Å². The zero-order chi connectivity index (χ0) is 15.2. The molecule has 110 valence electrons. The lowest BCUT2D eigenvalue weighted by Gasteiger charge is -2.16. The Bertz CT molecular complexity index is 619. The first kappa shape index (κ1) is 15.0. The smallest absolute Gasteiger partial charge is 0.223 e. The number of carbonyl (C=O) groups excluding carboxylic acids is 2. The van der Waals surface area contributed by atoms with Gasteiger partial charge in [0.1, 0.15) is 5.82 Å². The number of amides is 1. The standard InChI is InChI=1S/C16H19N3O2/c1-18-11-10-17-15(18)12-19(2)16(21)9-8-14(20)13-6-4-3-5-7-13/h3-7,10-11H,8-9,12H2,1-2H3. The predicted molar refractivity (Wildman–Crippen MR) is 79.7 cm³/mol. The van der Waals surface area contributed by atoms with Crippen LogP contribution in [0.1, 0.15) is 29.0 Å². The Morgan fingerprint density at radius 3 is 2.52 bits per heavy atom. The number of benzene rings is 1.